The minimum Gasteiger partial charge on any atom is -0.272 e. The highest BCUT2D eigenvalue weighted by Crippen LogP contribution is 2.19. The van der Waals surface area contributed by atoms with Gasteiger partial charge in [-0.05, 0) is 71.8 Å². The van der Waals surface area contributed by atoms with E-state index < -0.39 is 5.91 Å². The van der Waals surface area contributed by atoms with Gasteiger partial charge in [0, 0.05) is 10.6 Å². The molecule has 0 atom stereocenters. The Labute approximate surface area is 170 Å². The van der Waals surface area contributed by atoms with Gasteiger partial charge in [0.1, 0.15) is 0 Å². The molecule has 0 aliphatic carbocycles. The molecule has 2 N–H and O–H groups in total. The van der Waals surface area contributed by atoms with Gasteiger partial charge in [-0.15, -0.1) is 5.10 Å². The van der Waals surface area contributed by atoms with E-state index in [1.807, 2.05) is 32.0 Å². The molecule has 1 heterocycles. The number of rotatable bonds is 5. The number of nitrogens with zero attached hydrogens (tertiary/aromatic N) is 4. The van der Waals surface area contributed by atoms with E-state index in [-0.39, 0.29) is 11.7 Å². The Morgan fingerprint density at radius 1 is 1.07 bits per heavy atom. The fourth-order valence-corrected chi connectivity index (χ4v) is 3.07. The lowest BCUT2D eigenvalue weighted by molar-refractivity contribution is -0.119. The number of carbonyl (C=O) groups is 2. The van der Waals surface area contributed by atoms with E-state index in [2.05, 4.69) is 26.4 Å². The average Bonchev–Trinajstić information content (AvgIpc) is 3.16. The van der Waals surface area contributed by atoms with E-state index in [9.17, 15) is 9.59 Å². The van der Waals surface area contributed by atoms with E-state index in [1.165, 1.54) is 5.56 Å². The van der Waals surface area contributed by atoms with Crippen molar-refractivity contribution in [1.82, 2.24) is 31.1 Å². The number of tetrazole rings is 1. The highest BCUT2D eigenvalue weighted by atomic mass is 35.5. The van der Waals surface area contributed by atoms with Crippen LogP contribution in [-0.2, 0) is 4.79 Å². The van der Waals surface area contributed by atoms with E-state index in [4.69, 9.17) is 11.6 Å². The number of carbonyl (C=O) groups excluding carboxylic acids is 2. The molecule has 0 bridgehead atoms. The fraction of sp³-hybridized carbons (Fsp3) is 0.167. The molecule has 2 amide bonds. The number of hydrogen-bond acceptors (Lipinski definition) is 6. The maximum absolute atomic E-state index is 12.0. The van der Waals surface area contributed by atoms with Crippen molar-refractivity contribution in [2.24, 2.45) is 0 Å². The topological polar surface area (TPSA) is 102 Å². The average molecular weight is 417 g/mol. The summed E-state index contributed by atoms with van der Waals surface area (Å²) in [4.78, 5) is 24.0. The Balaban J connectivity index is 1.55. The number of halogens is 1. The highest BCUT2D eigenvalue weighted by Gasteiger charge is 2.13. The van der Waals surface area contributed by atoms with Crippen molar-refractivity contribution in [1.29, 1.82) is 0 Å². The van der Waals surface area contributed by atoms with Crippen LogP contribution in [0.3, 0.4) is 0 Å². The zero-order valence-corrected chi connectivity index (χ0v) is 16.7. The molecule has 0 radical (unpaired) electrons. The lowest BCUT2D eigenvalue weighted by atomic mass is 10.1. The third kappa shape index (κ3) is 4.87. The lowest BCUT2D eigenvalue weighted by Crippen LogP contribution is -2.42. The van der Waals surface area contributed by atoms with Crippen molar-refractivity contribution in [3.05, 3.63) is 64.2 Å². The number of nitrogens with one attached hydrogen (secondary N) is 2. The van der Waals surface area contributed by atoms with Gasteiger partial charge in [0.15, 0.2) is 0 Å². The first kappa shape index (κ1) is 19.8. The molecule has 0 aliphatic rings. The van der Waals surface area contributed by atoms with Gasteiger partial charge in [-0.1, -0.05) is 29.4 Å². The van der Waals surface area contributed by atoms with Crippen molar-refractivity contribution >= 4 is 35.2 Å². The fourth-order valence-electron chi connectivity index (χ4n) is 2.25. The number of benzene rings is 2. The largest absolute Gasteiger partial charge is 0.272 e. The number of amides is 2. The molecular weight excluding hydrogens is 400 g/mol. The van der Waals surface area contributed by atoms with Crippen LogP contribution in [0.5, 0.6) is 0 Å². The number of thioether (sulfide) groups is 1. The molecular formula is C18H17ClN6O2S. The predicted molar refractivity (Wildman–Crippen MR) is 106 cm³/mol. The van der Waals surface area contributed by atoms with Crippen LogP contribution in [0.1, 0.15) is 21.5 Å². The van der Waals surface area contributed by atoms with E-state index in [0.29, 0.717) is 15.7 Å². The molecule has 0 unspecified atom stereocenters. The maximum Gasteiger partial charge on any atom is 0.269 e. The van der Waals surface area contributed by atoms with E-state index >= 15 is 0 Å². The lowest BCUT2D eigenvalue weighted by Gasteiger charge is -2.08. The second-order valence-electron chi connectivity index (χ2n) is 5.94. The Hall–Kier alpha value is -2.91. The number of hydrogen-bond donors (Lipinski definition) is 2. The summed E-state index contributed by atoms with van der Waals surface area (Å²) in [5.41, 5.74) is 8.20. The molecule has 1 aromatic heterocycles. The Morgan fingerprint density at radius 2 is 1.82 bits per heavy atom. The quantitative estimate of drug-likeness (QED) is 0.489. The Kier molecular flexibility index (Phi) is 6.27. The maximum atomic E-state index is 12.0. The second kappa shape index (κ2) is 8.85. The van der Waals surface area contributed by atoms with Crippen molar-refractivity contribution in [2.45, 2.75) is 19.0 Å². The molecule has 0 saturated carbocycles. The Bertz CT molecular complexity index is 1010. The highest BCUT2D eigenvalue weighted by molar-refractivity contribution is 7.99. The van der Waals surface area contributed by atoms with Crippen LogP contribution in [0.15, 0.2) is 47.6 Å². The van der Waals surface area contributed by atoms with Crippen LogP contribution >= 0.6 is 23.4 Å². The molecule has 28 heavy (non-hydrogen) atoms. The van der Waals surface area contributed by atoms with Crippen LogP contribution in [0.4, 0.5) is 0 Å². The molecule has 144 valence electrons. The van der Waals surface area contributed by atoms with Crippen LogP contribution < -0.4 is 10.9 Å². The zero-order chi connectivity index (χ0) is 20.1. The first-order valence-electron chi connectivity index (χ1n) is 8.27. The Morgan fingerprint density at radius 3 is 2.54 bits per heavy atom. The summed E-state index contributed by atoms with van der Waals surface area (Å²) in [6.45, 7) is 4.03. The molecule has 3 rings (SSSR count). The van der Waals surface area contributed by atoms with E-state index in [0.717, 1.165) is 23.0 Å². The summed E-state index contributed by atoms with van der Waals surface area (Å²) >= 11 is 6.95. The van der Waals surface area contributed by atoms with Gasteiger partial charge in [-0.25, -0.2) is 0 Å². The first-order chi connectivity index (χ1) is 13.4. The molecule has 0 spiro atoms. The summed E-state index contributed by atoms with van der Waals surface area (Å²) in [6, 6.07) is 12.2. The van der Waals surface area contributed by atoms with Gasteiger partial charge in [0.05, 0.1) is 11.4 Å². The molecule has 8 nitrogen and oxygen atoms in total. The van der Waals surface area contributed by atoms with Crippen LogP contribution in [-0.4, -0.2) is 37.8 Å². The van der Waals surface area contributed by atoms with Crippen molar-refractivity contribution in [3.8, 4) is 5.69 Å². The predicted octanol–water partition coefficient (Wildman–Crippen LogP) is 2.49. The molecule has 3 aromatic rings. The van der Waals surface area contributed by atoms with Gasteiger partial charge >= 0.3 is 0 Å². The van der Waals surface area contributed by atoms with Crippen LogP contribution in [0.25, 0.3) is 5.69 Å². The summed E-state index contributed by atoms with van der Waals surface area (Å²) in [5, 5.41) is 12.6. The SMILES string of the molecule is Cc1ccc(-n2nnnc2SCC(=O)NNC(=O)c2ccc(Cl)cc2)cc1C. The number of hydrazine groups is 1. The first-order valence-corrected chi connectivity index (χ1v) is 9.64. The smallest absolute Gasteiger partial charge is 0.269 e. The van der Waals surface area contributed by atoms with Gasteiger partial charge in [0.25, 0.3) is 5.91 Å². The third-order valence-corrected chi connectivity index (χ3v) is 5.10. The minimum atomic E-state index is -0.435. The number of aryl methyl sites for hydroxylation is 2. The molecule has 0 saturated heterocycles. The summed E-state index contributed by atoms with van der Waals surface area (Å²) in [6.07, 6.45) is 0. The molecule has 0 aliphatic heterocycles. The zero-order valence-electron chi connectivity index (χ0n) is 15.1. The monoisotopic (exact) mass is 416 g/mol. The van der Waals surface area contributed by atoms with Gasteiger partial charge in [-0.3, -0.25) is 20.4 Å². The standard InChI is InChI=1S/C18H17ClN6O2S/c1-11-3-8-15(9-12(11)2)25-18(22-23-24-25)28-10-16(26)20-21-17(27)13-4-6-14(19)7-5-13/h3-9H,10H2,1-2H3,(H,20,26)(H,21,27). The van der Waals surface area contributed by atoms with Crippen LogP contribution in [0.2, 0.25) is 5.02 Å². The summed E-state index contributed by atoms with van der Waals surface area (Å²) < 4.78 is 1.57. The molecule has 2 aromatic carbocycles. The van der Waals surface area contributed by atoms with Gasteiger partial charge in [0.2, 0.25) is 11.1 Å². The summed E-state index contributed by atoms with van der Waals surface area (Å²) in [5.74, 6) is -0.788. The van der Waals surface area contributed by atoms with Gasteiger partial charge < -0.3 is 0 Å². The molecule has 10 heteroatoms. The van der Waals surface area contributed by atoms with Crippen molar-refractivity contribution < 1.29 is 9.59 Å². The van der Waals surface area contributed by atoms with E-state index in [1.54, 1.807) is 28.9 Å². The summed E-state index contributed by atoms with van der Waals surface area (Å²) in [7, 11) is 0. The third-order valence-electron chi connectivity index (χ3n) is 3.93. The van der Waals surface area contributed by atoms with Crippen molar-refractivity contribution in [3.63, 3.8) is 0 Å². The normalized spacial score (nSPS) is 10.5. The second-order valence-corrected chi connectivity index (χ2v) is 7.32. The van der Waals surface area contributed by atoms with Gasteiger partial charge in [-0.2, -0.15) is 4.68 Å². The molecule has 0 fully saturated rings. The number of aromatic nitrogens is 4. The van der Waals surface area contributed by atoms with Crippen LogP contribution in [0, 0.1) is 13.8 Å². The minimum absolute atomic E-state index is 0.0338. The van der Waals surface area contributed by atoms with Crippen molar-refractivity contribution in [2.75, 3.05) is 5.75 Å².